The first-order chi connectivity index (χ1) is 7.88. The third-order valence-electron chi connectivity index (χ3n) is 1.76. The van der Waals surface area contributed by atoms with E-state index in [9.17, 15) is 8.42 Å². The minimum atomic E-state index is -3.78. The van der Waals surface area contributed by atoms with Crippen LogP contribution in [0.5, 0.6) is 0 Å². The van der Waals surface area contributed by atoms with Crippen LogP contribution < -0.4 is 10.5 Å². The molecular formula is C7H9N5O3S2. The number of aryl methyl sites for hydroxylation is 2. The zero-order valence-electron chi connectivity index (χ0n) is 8.96. The molecule has 0 atom stereocenters. The second kappa shape index (κ2) is 3.96. The van der Waals surface area contributed by atoms with Gasteiger partial charge in [0.05, 0.1) is 5.69 Å². The Hall–Kier alpha value is -1.68. The molecule has 0 radical (unpaired) electrons. The molecule has 3 N–H and O–H groups in total. The van der Waals surface area contributed by atoms with Crippen LogP contribution in [0.3, 0.4) is 0 Å². The minimum absolute atomic E-state index is 0.0332. The van der Waals surface area contributed by atoms with Gasteiger partial charge >= 0.3 is 6.01 Å². The van der Waals surface area contributed by atoms with Gasteiger partial charge in [0.1, 0.15) is 0 Å². The smallest absolute Gasteiger partial charge is 0.335 e. The summed E-state index contributed by atoms with van der Waals surface area (Å²) in [6, 6.07) is -0.186. The highest BCUT2D eigenvalue weighted by Crippen LogP contribution is 2.26. The monoisotopic (exact) mass is 275 g/mol. The summed E-state index contributed by atoms with van der Waals surface area (Å²) in [7, 11) is -3.78. The first-order valence-corrected chi connectivity index (χ1v) is 6.74. The second-order valence-electron chi connectivity index (χ2n) is 3.18. The fourth-order valence-corrected chi connectivity index (χ4v) is 3.38. The molecule has 0 amide bonds. The Kier molecular flexibility index (Phi) is 2.75. The lowest BCUT2D eigenvalue weighted by Gasteiger charge is -2.00. The van der Waals surface area contributed by atoms with Crippen molar-refractivity contribution in [3.63, 3.8) is 0 Å². The van der Waals surface area contributed by atoms with E-state index in [1.807, 2.05) is 0 Å². The topological polar surface area (TPSA) is 124 Å². The fourth-order valence-electron chi connectivity index (χ4n) is 1.15. The van der Waals surface area contributed by atoms with Crippen molar-refractivity contribution in [2.45, 2.75) is 18.1 Å². The SMILES string of the molecule is Cc1noc(NS(=O)(=O)c2sc(N)nc2C)n1. The molecule has 0 spiro atoms. The molecule has 0 aliphatic carbocycles. The molecule has 0 aromatic carbocycles. The molecule has 0 aliphatic rings. The van der Waals surface area contributed by atoms with Crippen molar-refractivity contribution >= 4 is 32.5 Å². The largest absolute Gasteiger partial charge is 0.375 e. The van der Waals surface area contributed by atoms with Crippen molar-refractivity contribution in [1.82, 2.24) is 15.1 Å². The molecule has 8 nitrogen and oxygen atoms in total. The summed E-state index contributed by atoms with van der Waals surface area (Å²) in [4.78, 5) is 7.58. The van der Waals surface area contributed by atoms with Crippen LogP contribution in [-0.4, -0.2) is 23.5 Å². The summed E-state index contributed by atoms with van der Waals surface area (Å²) in [6.07, 6.45) is 0. The predicted molar refractivity (Wildman–Crippen MR) is 61.1 cm³/mol. The van der Waals surface area contributed by atoms with Gasteiger partial charge in [0, 0.05) is 0 Å². The molecule has 2 heterocycles. The molecule has 17 heavy (non-hydrogen) atoms. The van der Waals surface area contributed by atoms with E-state index >= 15 is 0 Å². The van der Waals surface area contributed by atoms with E-state index in [0.717, 1.165) is 11.3 Å². The van der Waals surface area contributed by atoms with Gasteiger partial charge in [-0.05, 0) is 13.8 Å². The molecule has 2 aromatic heterocycles. The Morgan fingerprint density at radius 1 is 1.35 bits per heavy atom. The van der Waals surface area contributed by atoms with Crippen LogP contribution in [0.25, 0.3) is 0 Å². The van der Waals surface area contributed by atoms with Gasteiger partial charge in [0.15, 0.2) is 15.2 Å². The number of nitrogens with zero attached hydrogens (tertiary/aromatic N) is 3. The molecule has 0 saturated heterocycles. The minimum Gasteiger partial charge on any atom is -0.375 e. The van der Waals surface area contributed by atoms with Crippen LogP contribution in [0.1, 0.15) is 11.5 Å². The lowest BCUT2D eigenvalue weighted by Crippen LogP contribution is -2.12. The number of anilines is 2. The van der Waals surface area contributed by atoms with E-state index in [2.05, 4.69) is 24.4 Å². The van der Waals surface area contributed by atoms with Gasteiger partial charge in [-0.15, -0.1) is 0 Å². The number of aromatic nitrogens is 3. The maximum absolute atomic E-state index is 11.9. The molecule has 0 aliphatic heterocycles. The Bertz CT molecular complexity index is 644. The standard InChI is InChI=1S/C7H9N5O3S2/c1-3-5(16-6(8)9-3)17(13,14)12-7-10-4(2)11-15-7/h1-2H3,(H2,8,9)(H,10,11,12). The molecule has 0 bridgehead atoms. The predicted octanol–water partition coefficient (Wildman–Crippen LogP) is 0.526. The van der Waals surface area contributed by atoms with Crippen LogP contribution >= 0.6 is 11.3 Å². The van der Waals surface area contributed by atoms with Crippen molar-refractivity contribution < 1.29 is 12.9 Å². The number of nitrogens with one attached hydrogen (secondary N) is 1. The second-order valence-corrected chi connectivity index (χ2v) is 6.09. The normalized spacial score (nSPS) is 11.6. The number of hydrogen-bond acceptors (Lipinski definition) is 8. The van der Waals surface area contributed by atoms with Crippen LogP contribution in [0.4, 0.5) is 11.1 Å². The molecular weight excluding hydrogens is 266 g/mol. The van der Waals surface area contributed by atoms with Gasteiger partial charge in [-0.25, -0.2) is 18.1 Å². The van der Waals surface area contributed by atoms with Gasteiger partial charge in [0.2, 0.25) is 0 Å². The zero-order chi connectivity index (χ0) is 12.6. The third-order valence-corrected chi connectivity index (χ3v) is 4.68. The maximum atomic E-state index is 11.9. The van der Waals surface area contributed by atoms with Gasteiger partial charge in [-0.1, -0.05) is 16.5 Å². The number of nitrogen functional groups attached to an aromatic ring is 1. The molecule has 0 unspecified atom stereocenters. The van der Waals surface area contributed by atoms with Crippen LogP contribution in [0.2, 0.25) is 0 Å². The summed E-state index contributed by atoms with van der Waals surface area (Å²) in [5.41, 5.74) is 5.77. The van der Waals surface area contributed by atoms with Crippen molar-refractivity contribution in [2.75, 3.05) is 10.5 Å². The fraction of sp³-hybridized carbons (Fsp3) is 0.286. The van der Waals surface area contributed by atoms with Crippen molar-refractivity contribution in [3.05, 3.63) is 11.5 Å². The number of hydrogen-bond donors (Lipinski definition) is 2. The number of rotatable bonds is 3. The van der Waals surface area contributed by atoms with Gasteiger partial charge in [-0.3, -0.25) is 0 Å². The molecule has 0 saturated carbocycles. The lowest BCUT2D eigenvalue weighted by molar-refractivity contribution is 0.429. The highest BCUT2D eigenvalue weighted by Gasteiger charge is 2.23. The van der Waals surface area contributed by atoms with Crippen LogP contribution in [0, 0.1) is 13.8 Å². The van der Waals surface area contributed by atoms with Crippen LogP contribution in [-0.2, 0) is 10.0 Å². The first kappa shape index (κ1) is 11.8. The quantitative estimate of drug-likeness (QED) is 0.836. The van der Waals surface area contributed by atoms with E-state index in [1.54, 1.807) is 13.8 Å². The Labute approximate surface area is 101 Å². The molecule has 0 fully saturated rings. The highest BCUT2D eigenvalue weighted by molar-refractivity contribution is 7.94. The zero-order valence-corrected chi connectivity index (χ0v) is 10.6. The van der Waals surface area contributed by atoms with Crippen molar-refractivity contribution in [3.8, 4) is 0 Å². The van der Waals surface area contributed by atoms with E-state index in [4.69, 9.17) is 5.73 Å². The molecule has 2 aromatic rings. The summed E-state index contributed by atoms with van der Waals surface area (Å²) in [6.45, 7) is 3.14. The average Bonchev–Trinajstić information content (AvgIpc) is 2.72. The van der Waals surface area contributed by atoms with Gasteiger partial charge < -0.3 is 10.3 Å². The molecule has 92 valence electrons. The van der Waals surface area contributed by atoms with E-state index in [0.29, 0.717) is 11.5 Å². The van der Waals surface area contributed by atoms with E-state index in [1.165, 1.54) is 0 Å². The summed E-state index contributed by atoms with van der Waals surface area (Å²) in [5.74, 6) is 0.336. The first-order valence-electron chi connectivity index (χ1n) is 4.44. The van der Waals surface area contributed by atoms with Crippen molar-refractivity contribution in [1.29, 1.82) is 0 Å². The maximum Gasteiger partial charge on any atom is 0.335 e. The molecule has 2 rings (SSSR count). The lowest BCUT2D eigenvalue weighted by atomic mass is 10.6. The summed E-state index contributed by atoms with van der Waals surface area (Å²) >= 11 is 0.874. The van der Waals surface area contributed by atoms with Crippen molar-refractivity contribution in [2.24, 2.45) is 0 Å². The van der Waals surface area contributed by atoms with E-state index < -0.39 is 10.0 Å². The Morgan fingerprint density at radius 2 is 2.06 bits per heavy atom. The van der Waals surface area contributed by atoms with Gasteiger partial charge in [0.25, 0.3) is 10.0 Å². The molecule has 10 heteroatoms. The number of thiazole rings is 1. The average molecular weight is 275 g/mol. The third kappa shape index (κ3) is 2.36. The highest BCUT2D eigenvalue weighted by atomic mass is 32.2. The van der Waals surface area contributed by atoms with Crippen LogP contribution in [0.15, 0.2) is 8.73 Å². The Morgan fingerprint density at radius 3 is 2.53 bits per heavy atom. The summed E-state index contributed by atoms with van der Waals surface area (Å²) < 4.78 is 30.7. The van der Waals surface area contributed by atoms with E-state index in [-0.39, 0.29) is 15.4 Å². The van der Waals surface area contributed by atoms with Gasteiger partial charge in [-0.2, -0.15) is 4.98 Å². The summed E-state index contributed by atoms with van der Waals surface area (Å²) in [5, 5.41) is 3.66. The number of nitrogens with two attached hydrogens (primary N) is 1. The number of sulfonamides is 1. The Balaban J connectivity index is 2.34.